The van der Waals surface area contributed by atoms with Gasteiger partial charge in [-0.25, -0.2) is 4.89 Å². The molecule has 12 nitrogen and oxygen atoms in total. The summed E-state index contributed by atoms with van der Waals surface area (Å²) in [6.07, 6.45) is -12.8. The number of rotatable bonds is 6. The molecule has 25 heavy (non-hydrogen) atoms. The molecule has 2 fully saturated rings. The van der Waals surface area contributed by atoms with Gasteiger partial charge in [-0.3, -0.25) is 5.26 Å². The average Bonchev–Trinajstić information content (AvgIpc) is 2.82. The first-order valence-corrected chi connectivity index (χ1v) is 7.20. The van der Waals surface area contributed by atoms with E-state index in [-0.39, 0.29) is 31.0 Å². The molecule has 0 saturated carbocycles. The molecule has 2 rings (SSSR count). The number of aliphatic hydroxyl groups excluding tert-OH is 7. The molecular formula is C12H23NaO12. The minimum absolute atomic E-state index is 0. The Hall–Kier alpha value is 0.520. The quantitative estimate of drug-likeness (QED) is 0.123. The van der Waals surface area contributed by atoms with Crippen LogP contribution in [-0.4, -0.2) is 116 Å². The Morgan fingerprint density at radius 3 is 2.04 bits per heavy atom. The summed E-state index contributed by atoms with van der Waals surface area (Å²) in [4.78, 5) is 3.84. The molecule has 0 unspecified atom stereocenters. The molecule has 0 radical (unpaired) electrons. The normalized spacial score (nSPS) is 47.5. The van der Waals surface area contributed by atoms with E-state index in [1.54, 1.807) is 0 Å². The van der Waals surface area contributed by atoms with Gasteiger partial charge < -0.3 is 51.4 Å². The van der Waals surface area contributed by atoms with Crippen molar-refractivity contribution >= 4 is 0 Å². The molecular weight excluding hydrogens is 359 g/mol. The van der Waals surface area contributed by atoms with E-state index in [1.807, 2.05) is 0 Å². The van der Waals surface area contributed by atoms with Crippen LogP contribution >= 0.6 is 0 Å². The molecule has 144 valence electrons. The maximum absolute atomic E-state index is 10.0. The molecule has 0 bridgehead atoms. The molecule has 2 saturated heterocycles. The smallest absolute Gasteiger partial charge is 1.00 e. The van der Waals surface area contributed by atoms with Crippen LogP contribution in [0.4, 0.5) is 0 Å². The second-order valence-corrected chi connectivity index (χ2v) is 5.67. The van der Waals surface area contributed by atoms with Gasteiger partial charge in [-0.15, -0.1) is 0 Å². The Morgan fingerprint density at radius 1 is 0.920 bits per heavy atom. The first-order valence-electron chi connectivity index (χ1n) is 7.20. The van der Waals surface area contributed by atoms with Crippen LogP contribution in [0.3, 0.4) is 0 Å². The number of aliphatic hydroxyl groups is 7. The summed E-state index contributed by atoms with van der Waals surface area (Å²) in [7, 11) is 0. The van der Waals surface area contributed by atoms with E-state index < -0.39 is 74.6 Å². The Kier molecular flexibility index (Phi) is 9.08. The number of hydrogen-bond acceptors (Lipinski definition) is 12. The van der Waals surface area contributed by atoms with Crippen LogP contribution in [0.1, 0.15) is 1.43 Å². The zero-order valence-electron chi connectivity index (χ0n) is 14.5. The molecule has 8 N–H and O–H groups in total. The van der Waals surface area contributed by atoms with Crippen LogP contribution in [0.15, 0.2) is 0 Å². The molecule has 0 amide bonds. The summed E-state index contributed by atoms with van der Waals surface area (Å²) >= 11 is 0. The van der Waals surface area contributed by atoms with E-state index in [2.05, 4.69) is 4.89 Å². The van der Waals surface area contributed by atoms with E-state index >= 15 is 0 Å². The SMILES string of the molecule is OC[C@H]1O[C@@](CO)(O[C@H]2O[C@H](COO)[C@@H](O)[C@H](O)[C@H]2O)[C@@H](O)[C@@H]1O.[H-].[Na+]. The Labute approximate surface area is 165 Å². The van der Waals surface area contributed by atoms with Crippen LogP contribution in [0.25, 0.3) is 0 Å². The van der Waals surface area contributed by atoms with E-state index in [1.165, 1.54) is 0 Å². The Morgan fingerprint density at radius 2 is 1.56 bits per heavy atom. The van der Waals surface area contributed by atoms with Crippen molar-refractivity contribution in [3.05, 3.63) is 0 Å². The van der Waals surface area contributed by atoms with Crippen molar-refractivity contribution in [2.24, 2.45) is 0 Å². The molecule has 0 aromatic rings. The zero-order chi connectivity index (χ0) is 18.1. The summed E-state index contributed by atoms with van der Waals surface area (Å²) in [5, 5.41) is 76.3. The van der Waals surface area contributed by atoms with Gasteiger partial charge in [-0.1, -0.05) is 0 Å². The van der Waals surface area contributed by atoms with Crippen molar-refractivity contribution in [3.8, 4) is 0 Å². The first-order chi connectivity index (χ1) is 11.3. The topological polar surface area (TPSA) is 199 Å². The summed E-state index contributed by atoms with van der Waals surface area (Å²) in [6, 6.07) is 0. The molecule has 0 aromatic heterocycles. The summed E-state index contributed by atoms with van der Waals surface area (Å²) in [6.45, 7) is -2.23. The third-order valence-corrected chi connectivity index (χ3v) is 4.13. The van der Waals surface area contributed by atoms with Crippen LogP contribution < -0.4 is 29.6 Å². The molecule has 0 aliphatic carbocycles. The molecule has 9 atom stereocenters. The minimum atomic E-state index is -2.24. The van der Waals surface area contributed by atoms with E-state index in [9.17, 15) is 30.6 Å². The summed E-state index contributed by atoms with van der Waals surface area (Å²) in [5.74, 6) is -2.24. The van der Waals surface area contributed by atoms with Crippen molar-refractivity contribution < 1.29 is 91.1 Å². The van der Waals surface area contributed by atoms with Crippen LogP contribution in [0.2, 0.25) is 0 Å². The van der Waals surface area contributed by atoms with Crippen LogP contribution in [0.5, 0.6) is 0 Å². The van der Waals surface area contributed by atoms with Crippen molar-refractivity contribution in [1.82, 2.24) is 0 Å². The number of hydrogen-bond donors (Lipinski definition) is 8. The van der Waals surface area contributed by atoms with Crippen LogP contribution in [0, 0.1) is 0 Å². The molecule has 2 aliphatic heterocycles. The number of ether oxygens (including phenoxy) is 3. The monoisotopic (exact) mass is 382 g/mol. The first kappa shape index (κ1) is 23.6. The second kappa shape index (κ2) is 9.64. The minimum Gasteiger partial charge on any atom is -1.00 e. The van der Waals surface area contributed by atoms with Gasteiger partial charge >= 0.3 is 29.6 Å². The van der Waals surface area contributed by atoms with E-state index in [0.717, 1.165) is 0 Å². The van der Waals surface area contributed by atoms with E-state index in [0.29, 0.717) is 0 Å². The van der Waals surface area contributed by atoms with Gasteiger partial charge in [-0.05, 0) is 0 Å². The largest absolute Gasteiger partial charge is 1.00 e. The van der Waals surface area contributed by atoms with Gasteiger partial charge in [0.1, 0.15) is 55.9 Å². The molecule has 2 heterocycles. The van der Waals surface area contributed by atoms with Crippen molar-refractivity contribution in [1.29, 1.82) is 0 Å². The molecule has 2 aliphatic rings. The van der Waals surface area contributed by atoms with Gasteiger partial charge in [0, 0.05) is 0 Å². The Balaban J connectivity index is 0.00000312. The van der Waals surface area contributed by atoms with Crippen molar-refractivity contribution in [2.45, 2.75) is 54.8 Å². The van der Waals surface area contributed by atoms with E-state index in [4.69, 9.17) is 24.6 Å². The molecule has 13 heteroatoms. The maximum Gasteiger partial charge on any atom is 1.00 e. The van der Waals surface area contributed by atoms with Crippen molar-refractivity contribution in [2.75, 3.05) is 19.8 Å². The summed E-state index contributed by atoms with van der Waals surface area (Å²) < 4.78 is 15.5. The maximum atomic E-state index is 10.0. The third-order valence-electron chi connectivity index (χ3n) is 4.13. The fraction of sp³-hybridized carbons (Fsp3) is 1.00. The third kappa shape index (κ3) is 4.51. The summed E-state index contributed by atoms with van der Waals surface area (Å²) in [5.41, 5.74) is 0. The molecule has 0 spiro atoms. The fourth-order valence-corrected chi connectivity index (χ4v) is 2.69. The van der Waals surface area contributed by atoms with Gasteiger partial charge in [0.2, 0.25) is 5.79 Å². The van der Waals surface area contributed by atoms with Gasteiger partial charge in [0.05, 0.1) is 6.61 Å². The van der Waals surface area contributed by atoms with Crippen molar-refractivity contribution in [3.63, 3.8) is 0 Å². The van der Waals surface area contributed by atoms with Crippen LogP contribution in [-0.2, 0) is 19.1 Å². The predicted octanol–water partition coefficient (Wildman–Crippen LogP) is -7.78. The fourth-order valence-electron chi connectivity index (χ4n) is 2.69. The van der Waals surface area contributed by atoms with Gasteiger partial charge in [0.25, 0.3) is 0 Å². The average molecular weight is 382 g/mol. The predicted molar refractivity (Wildman–Crippen MR) is 71.2 cm³/mol. The zero-order valence-corrected chi connectivity index (χ0v) is 15.5. The van der Waals surface area contributed by atoms with Gasteiger partial charge in [-0.2, -0.15) is 0 Å². The standard InChI is InChI=1S/C12H22O12.Na.H/c13-1-4-7(16)10(19)12(3-14,23-4)24-11-9(18)8(17)6(15)5(22-11)2-21-20;;/h4-11,13-20H,1-3H2;;/q;+1;-1/t4-,5-,6-,7-,8+,9-,10+,11-,12+;;/m1../s1. The second-order valence-electron chi connectivity index (χ2n) is 5.67. The van der Waals surface area contributed by atoms with Gasteiger partial charge in [0.15, 0.2) is 6.29 Å². The Bertz CT molecular complexity index is 422. The molecule has 0 aromatic carbocycles.